The summed E-state index contributed by atoms with van der Waals surface area (Å²) in [5.41, 5.74) is 0.992. The second-order valence-corrected chi connectivity index (χ2v) is 3.36. The highest BCUT2D eigenvalue weighted by atomic mass is 16.2. The SMILES string of the molecule is [B]C(=O)N[C@@H](Cc1ccccc1)C(C)=O. The maximum Gasteiger partial charge on any atom is 0.200 e. The lowest BCUT2D eigenvalue weighted by molar-refractivity contribution is -0.118. The summed E-state index contributed by atoms with van der Waals surface area (Å²) in [5, 5.41) is 2.42. The van der Waals surface area contributed by atoms with E-state index in [9.17, 15) is 9.59 Å². The van der Waals surface area contributed by atoms with Gasteiger partial charge in [-0.05, 0) is 18.9 Å². The molecule has 0 saturated heterocycles. The summed E-state index contributed by atoms with van der Waals surface area (Å²) in [6.45, 7) is 1.43. The second kappa shape index (κ2) is 5.34. The summed E-state index contributed by atoms with van der Waals surface area (Å²) in [6.07, 6.45) is 0.471. The molecule has 0 fully saturated rings. The van der Waals surface area contributed by atoms with Crippen LogP contribution in [0, 0.1) is 0 Å². The van der Waals surface area contributed by atoms with Crippen LogP contribution in [0.5, 0.6) is 0 Å². The van der Waals surface area contributed by atoms with Crippen LogP contribution in [0.25, 0.3) is 0 Å². The number of amides is 1. The van der Waals surface area contributed by atoms with Gasteiger partial charge >= 0.3 is 0 Å². The van der Waals surface area contributed by atoms with Crippen LogP contribution >= 0.6 is 0 Å². The van der Waals surface area contributed by atoms with E-state index in [0.717, 1.165) is 5.56 Å². The molecule has 1 rings (SSSR count). The molecule has 0 aliphatic carbocycles. The summed E-state index contributed by atoms with van der Waals surface area (Å²) in [7, 11) is 4.98. The van der Waals surface area contributed by atoms with Gasteiger partial charge < -0.3 is 5.32 Å². The molecule has 76 valence electrons. The van der Waals surface area contributed by atoms with Gasteiger partial charge in [-0.2, -0.15) is 0 Å². The van der Waals surface area contributed by atoms with Gasteiger partial charge in [0, 0.05) is 0 Å². The fourth-order valence-corrected chi connectivity index (χ4v) is 1.32. The van der Waals surface area contributed by atoms with E-state index in [4.69, 9.17) is 7.85 Å². The number of ketones is 1. The smallest absolute Gasteiger partial charge is 0.200 e. The highest BCUT2D eigenvalue weighted by molar-refractivity contribution is 6.57. The molecule has 1 aromatic rings. The molecule has 0 saturated carbocycles. The highest BCUT2D eigenvalue weighted by Gasteiger charge is 2.14. The van der Waals surface area contributed by atoms with E-state index in [2.05, 4.69) is 5.32 Å². The summed E-state index contributed by atoms with van der Waals surface area (Å²) in [4.78, 5) is 21.9. The molecule has 0 aliphatic heterocycles. The number of carbonyl (C=O) groups excluding carboxylic acids is 2. The molecule has 1 aromatic carbocycles. The first-order valence-corrected chi connectivity index (χ1v) is 4.70. The number of benzene rings is 1. The van der Waals surface area contributed by atoms with E-state index in [1.54, 1.807) is 0 Å². The molecule has 0 aromatic heterocycles. The van der Waals surface area contributed by atoms with Gasteiger partial charge in [0.1, 0.15) is 0 Å². The summed E-state index contributed by atoms with van der Waals surface area (Å²) in [5.74, 6) is -0.774. The summed E-state index contributed by atoms with van der Waals surface area (Å²) >= 11 is 0. The summed E-state index contributed by atoms with van der Waals surface area (Å²) < 4.78 is 0. The molecule has 2 radical (unpaired) electrons. The Morgan fingerprint density at radius 3 is 2.40 bits per heavy atom. The number of nitrogens with one attached hydrogen (secondary N) is 1. The van der Waals surface area contributed by atoms with Gasteiger partial charge in [0.15, 0.2) is 11.6 Å². The Hall–Kier alpha value is -1.58. The number of rotatable bonds is 4. The van der Waals surface area contributed by atoms with Gasteiger partial charge in [-0.15, -0.1) is 0 Å². The molecule has 4 heteroatoms. The van der Waals surface area contributed by atoms with Crippen LogP contribution in [-0.4, -0.2) is 25.5 Å². The lowest BCUT2D eigenvalue weighted by Crippen LogP contribution is -2.40. The molecule has 1 amide bonds. The molecule has 1 N–H and O–H groups in total. The highest BCUT2D eigenvalue weighted by Crippen LogP contribution is 2.03. The minimum Gasteiger partial charge on any atom is -0.356 e. The van der Waals surface area contributed by atoms with E-state index in [1.165, 1.54) is 6.92 Å². The maximum absolute atomic E-state index is 11.2. The van der Waals surface area contributed by atoms with Crippen LogP contribution in [0.4, 0.5) is 4.79 Å². The molecule has 0 bridgehead atoms. The zero-order chi connectivity index (χ0) is 11.3. The van der Waals surface area contributed by atoms with Gasteiger partial charge in [0.2, 0.25) is 7.85 Å². The third-order valence-electron chi connectivity index (χ3n) is 2.09. The first-order chi connectivity index (χ1) is 7.09. The lowest BCUT2D eigenvalue weighted by atomic mass is 10.0. The summed E-state index contributed by atoms with van der Waals surface area (Å²) in [6, 6.07) is 8.93. The largest absolute Gasteiger partial charge is 0.356 e. The first-order valence-electron chi connectivity index (χ1n) is 4.70. The van der Waals surface area contributed by atoms with Gasteiger partial charge in [-0.25, -0.2) is 0 Å². The zero-order valence-electron chi connectivity index (χ0n) is 8.57. The molecular weight excluding hydrogens is 189 g/mol. The normalized spacial score (nSPS) is 11.8. The number of hydrogen-bond donors (Lipinski definition) is 1. The van der Waals surface area contributed by atoms with E-state index in [1.807, 2.05) is 30.3 Å². The Balaban J connectivity index is 2.67. The third kappa shape index (κ3) is 3.98. The van der Waals surface area contributed by atoms with Crippen molar-refractivity contribution in [2.24, 2.45) is 0 Å². The van der Waals surface area contributed by atoms with Crippen molar-refractivity contribution in [1.82, 2.24) is 5.32 Å². The minimum absolute atomic E-state index is 0.0994. The van der Waals surface area contributed by atoms with Gasteiger partial charge in [0.25, 0.3) is 0 Å². The van der Waals surface area contributed by atoms with Crippen LogP contribution in [0.2, 0.25) is 0 Å². The minimum atomic E-state index is -0.675. The predicted molar refractivity (Wildman–Crippen MR) is 58.9 cm³/mol. The fraction of sp³-hybridized carbons (Fsp3) is 0.273. The van der Waals surface area contributed by atoms with Crippen molar-refractivity contribution >= 4 is 19.4 Å². The molecule has 0 heterocycles. The van der Waals surface area contributed by atoms with Gasteiger partial charge in [0.05, 0.1) is 6.04 Å². The molecule has 15 heavy (non-hydrogen) atoms. The molecular formula is C11H12BNO2. The molecule has 0 unspecified atom stereocenters. The average molecular weight is 201 g/mol. The Kier molecular flexibility index (Phi) is 4.09. The number of hydrogen-bond acceptors (Lipinski definition) is 2. The van der Waals surface area contributed by atoms with Crippen LogP contribution in [0.1, 0.15) is 12.5 Å². The van der Waals surface area contributed by atoms with E-state index in [-0.39, 0.29) is 5.78 Å². The van der Waals surface area contributed by atoms with Gasteiger partial charge in [-0.1, -0.05) is 30.3 Å². The van der Waals surface area contributed by atoms with Crippen molar-refractivity contribution in [3.63, 3.8) is 0 Å². The Bertz CT molecular complexity index is 351. The Labute approximate surface area is 90.3 Å². The molecule has 0 spiro atoms. The second-order valence-electron chi connectivity index (χ2n) is 3.36. The van der Waals surface area contributed by atoms with Crippen LogP contribution in [-0.2, 0) is 11.2 Å². The van der Waals surface area contributed by atoms with Crippen molar-refractivity contribution < 1.29 is 9.59 Å². The van der Waals surface area contributed by atoms with Crippen molar-refractivity contribution in [3.8, 4) is 0 Å². The fourth-order valence-electron chi connectivity index (χ4n) is 1.32. The Morgan fingerprint density at radius 2 is 1.93 bits per heavy atom. The van der Waals surface area contributed by atoms with Crippen LogP contribution in [0.3, 0.4) is 0 Å². The monoisotopic (exact) mass is 201 g/mol. The standard InChI is InChI=1S/C11H12BNO2/c1-8(14)10(13-11(12)15)7-9-5-3-2-4-6-9/h2-6,10H,7H2,1H3,(H,13,15)/t10-/m0/s1. The topological polar surface area (TPSA) is 46.2 Å². The third-order valence-corrected chi connectivity index (χ3v) is 2.09. The van der Waals surface area contributed by atoms with Crippen LogP contribution in [0.15, 0.2) is 30.3 Å². The van der Waals surface area contributed by atoms with Crippen molar-refractivity contribution in [1.29, 1.82) is 0 Å². The lowest BCUT2D eigenvalue weighted by Gasteiger charge is -2.14. The van der Waals surface area contributed by atoms with Gasteiger partial charge in [-0.3, -0.25) is 9.59 Å². The van der Waals surface area contributed by atoms with Crippen molar-refractivity contribution in [2.45, 2.75) is 19.4 Å². The van der Waals surface area contributed by atoms with Crippen molar-refractivity contribution in [2.75, 3.05) is 0 Å². The molecule has 1 atom stereocenters. The predicted octanol–water partition coefficient (Wildman–Crippen LogP) is 1.06. The first kappa shape index (κ1) is 11.5. The van der Waals surface area contributed by atoms with E-state index >= 15 is 0 Å². The molecule has 3 nitrogen and oxygen atoms in total. The van der Waals surface area contributed by atoms with Crippen molar-refractivity contribution in [3.05, 3.63) is 35.9 Å². The maximum atomic E-state index is 11.2. The van der Waals surface area contributed by atoms with Crippen LogP contribution < -0.4 is 5.32 Å². The van der Waals surface area contributed by atoms with E-state index < -0.39 is 11.8 Å². The Morgan fingerprint density at radius 1 is 1.33 bits per heavy atom. The molecule has 0 aliphatic rings. The quantitative estimate of drug-likeness (QED) is 0.740. The average Bonchev–Trinajstić information content (AvgIpc) is 2.17. The van der Waals surface area contributed by atoms with E-state index in [0.29, 0.717) is 6.42 Å². The number of carbonyl (C=O) groups is 2. The zero-order valence-corrected chi connectivity index (χ0v) is 8.57. The number of Topliss-reactive ketones (excluding diaryl/α,β-unsaturated/α-hetero) is 1.